The number of carbonyl (C=O) groups is 2. The van der Waals surface area contributed by atoms with Crippen molar-refractivity contribution in [3.8, 4) is 11.5 Å². The van der Waals surface area contributed by atoms with Crippen LogP contribution in [0.15, 0.2) is 42.5 Å². The van der Waals surface area contributed by atoms with E-state index in [9.17, 15) is 19.7 Å². The van der Waals surface area contributed by atoms with Crippen LogP contribution in [-0.4, -0.2) is 44.2 Å². The van der Waals surface area contributed by atoms with Gasteiger partial charge in [-0.15, -0.1) is 0 Å². The minimum absolute atomic E-state index is 0.0258. The summed E-state index contributed by atoms with van der Waals surface area (Å²) in [5, 5.41) is 13.6. The molecule has 0 fully saturated rings. The van der Waals surface area contributed by atoms with Crippen LogP contribution in [-0.2, 0) is 16.0 Å². The Hall–Kier alpha value is -3.62. The summed E-state index contributed by atoms with van der Waals surface area (Å²) in [7, 11) is 2.87. The first-order valence-corrected chi connectivity index (χ1v) is 8.33. The number of nitrogens with zero attached hydrogens (tertiary/aromatic N) is 1. The van der Waals surface area contributed by atoms with Gasteiger partial charge >= 0.3 is 11.7 Å². The summed E-state index contributed by atoms with van der Waals surface area (Å²) in [6.07, 6.45) is 0.606. The molecule has 2 rings (SSSR count). The van der Waals surface area contributed by atoms with Crippen LogP contribution in [0, 0.1) is 10.1 Å². The minimum Gasteiger partial charge on any atom is -0.497 e. The monoisotopic (exact) mass is 388 g/mol. The zero-order chi connectivity index (χ0) is 20.5. The maximum atomic E-state index is 12.0. The van der Waals surface area contributed by atoms with E-state index >= 15 is 0 Å². The van der Waals surface area contributed by atoms with Crippen LogP contribution in [0.3, 0.4) is 0 Å². The second-order valence-corrected chi connectivity index (χ2v) is 5.67. The fraction of sp³-hybridized carbons (Fsp3) is 0.263. The summed E-state index contributed by atoms with van der Waals surface area (Å²) < 4.78 is 14.8. The highest BCUT2D eigenvalue weighted by molar-refractivity contribution is 5.92. The molecule has 2 aromatic carbocycles. The first-order valence-electron chi connectivity index (χ1n) is 8.33. The van der Waals surface area contributed by atoms with Gasteiger partial charge in [0.05, 0.1) is 24.7 Å². The topological polar surface area (TPSA) is 117 Å². The number of carbonyl (C=O) groups excluding carboxylic acids is 2. The maximum absolute atomic E-state index is 12.0. The predicted octanol–water partition coefficient (Wildman–Crippen LogP) is 2.13. The fourth-order valence-corrected chi connectivity index (χ4v) is 2.36. The smallest absolute Gasteiger partial charge is 0.338 e. The van der Waals surface area contributed by atoms with Crippen LogP contribution in [0.25, 0.3) is 0 Å². The number of nitrogens with one attached hydrogen (secondary N) is 1. The molecule has 0 aromatic heterocycles. The van der Waals surface area contributed by atoms with Gasteiger partial charge in [-0.05, 0) is 36.2 Å². The van der Waals surface area contributed by atoms with Gasteiger partial charge in [-0.25, -0.2) is 4.79 Å². The number of amides is 1. The van der Waals surface area contributed by atoms with Gasteiger partial charge in [-0.2, -0.15) is 0 Å². The number of nitro groups is 1. The molecule has 0 bridgehead atoms. The number of hydrogen-bond donors (Lipinski definition) is 1. The molecule has 9 heteroatoms. The van der Waals surface area contributed by atoms with E-state index in [1.165, 1.54) is 19.2 Å². The van der Waals surface area contributed by atoms with Gasteiger partial charge in [-0.1, -0.05) is 12.1 Å². The second-order valence-electron chi connectivity index (χ2n) is 5.67. The number of rotatable bonds is 9. The van der Waals surface area contributed by atoms with E-state index in [2.05, 4.69) is 5.32 Å². The van der Waals surface area contributed by atoms with E-state index < -0.39 is 23.4 Å². The Bertz CT molecular complexity index is 850. The lowest BCUT2D eigenvalue weighted by atomic mass is 10.1. The Morgan fingerprint density at radius 2 is 1.79 bits per heavy atom. The summed E-state index contributed by atoms with van der Waals surface area (Å²) in [5.41, 5.74) is 0.614. The predicted molar refractivity (Wildman–Crippen MR) is 99.6 cm³/mol. The Kier molecular flexibility index (Phi) is 7.32. The highest BCUT2D eigenvalue weighted by Gasteiger charge is 2.19. The van der Waals surface area contributed by atoms with E-state index in [0.717, 1.165) is 17.4 Å². The highest BCUT2D eigenvalue weighted by Crippen LogP contribution is 2.27. The van der Waals surface area contributed by atoms with Crippen LogP contribution in [0.5, 0.6) is 11.5 Å². The number of benzene rings is 2. The molecule has 148 valence electrons. The number of methoxy groups -OCH3 is 2. The molecule has 0 heterocycles. The van der Waals surface area contributed by atoms with E-state index in [4.69, 9.17) is 14.2 Å². The van der Waals surface area contributed by atoms with Gasteiger partial charge in [0.15, 0.2) is 12.4 Å². The Morgan fingerprint density at radius 3 is 2.39 bits per heavy atom. The summed E-state index contributed by atoms with van der Waals surface area (Å²) in [6, 6.07) is 11.1. The zero-order valence-electron chi connectivity index (χ0n) is 15.5. The van der Waals surface area contributed by atoms with Gasteiger partial charge in [0.1, 0.15) is 5.75 Å². The molecule has 0 aliphatic carbocycles. The Morgan fingerprint density at radius 1 is 1.07 bits per heavy atom. The van der Waals surface area contributed by atoms with Crippen molar-refractivity contribution < 1.29 is 28.7 Å². The van der Waals surface area contributed by atoms with E-state index in [0.29, 0.717) is 13.0 Å². The lowest BCUT2D eigenvalue weighted by Gasteiger charge is -2.08. The molecule has 9 nitrogen and oxygen atoms in total. The van der Waals surface area contributed by atoms with Gasteiger partial charge < -0.3 is 19.5 Å². The third kappa shape index (κ3) is 5.70. The summed E-state index contributed by atoms with van der Waals surface area (Å²) in [6.45, 7) is -0.113. The normalized spacial score (nSPS) is 10.1. The van der Waals surface area contributed by atoms with Crippen LogP contribution in [0.1, 0.15) is 15.9 Å². The SMILES string of the molecule is COc1ccc(CCNC(=O)COC(=O)c2ccc(OC)c([N+](=O)[O-])c2)cc1. The molecule has 1 amide bonds. The average molecular weight is 388 g/mol. The van der Waals surface area contributed by atoms with Crippen molar-refractivity contribution >= 4 is 17.6 Å². The van der Waals surface area contributed by atoms with Gasteiger partial charge in [0, 0.05) is 12.6 Å². The van der Waals surface area contributed by atoms with E-state index in [1.807, 2.05) is 24.3 Å². The fourth-order valence-electron chi connectivity index (χ4n) is 2.36. The molecule has 0 saturated heterocycles. The third-order valence-electron chi connectivity index (χ3n) is 3.84. The number of ether oxygens (including phenoxy) is 3. The molecule has 1 N–H and O–H groups in total. The largest absolute Gasteiger partial charge is 0.497 e. The minimum atomic E-state index is -0.837. The zero-order valence-corrected chi connectivity index (χ0v) is 15.5. The van der Waals surface area contributed by atoms with Crippen LogP contribution in [0.2, 0.25) is 0 Å². The first-order chi connectivity index (χ1) is 13.4. The third-order valence-corrected chi connectivity index (χ3v) is 3.84. The number of esters is 1. The number of hydrogen-bond acceptors (Lipinski definition) is 7. The molecule has 0 spiro atoms. The van der Waals surface area contributed by atoms with Gasteiger partial charge in [-0.3, -0.25) is 14.9 Å². The molecule has 0 aliphatic heterocycles. The summed E-state index contributed by atoms with van der Waals surface area (Å²) in [4.78, 5) is 34.1. The molecule has 0 radical (unpaired) electrons. The van der Waals surface area contributed by atoms with Crippen molar-refractivity contribution in [2.24, 2.45) is 0 Å². The molecule has 0 aliphatic rings. The van der Waals surface area contributed by atoms with Crippen molar-refractivity contribution in [3.05, 3.63) is 63.7 Å². The maximum Gasteiger partial charge on any atom is 0.338 e. The van der Waals surface area contributed by atoms with E-state index in [1.54, 1.807) is 7.11 Å². The Labute approximate surface area is 161 Å². The lowest BCUT2D eigenvalue weighted by Crippen LogP contribution is -2.30. The van der Waals surface area contributed by atoms with Gasteiger partial charge in [0.25, 0.3) is 5.91 Å². The van der Waals surface area contributed by atoms with E-state index in [-0.39, 0.29) is 17.0 Å². The summed E-state index contributed by atoms with van der Waals surface area (Å²) in [5.74, 6) is -0.530. The molecule has 0 saturated carbocycles. The molecular weight excluding hydrogens is 368 g/mol. The standard InChI is InChI=1S/C19H20N2O7/c1-26-15-6-3-13(4-7-15)9-10-20-18(22)12-28-19(23)14-5-8-17(27-2)16(11-14)21(24)25/h3-8,11H,9-10,12H2,1-2H3,(H,20,22). The van der Waals surface area contributed by atoms with Crippen LogP contribution in [0.4, 0.5) is 5.69 Å². The number of nitro benzene ring substituents is 1. The van der Waals surface area contributed by atoms with Crippen molar-refractivity contribution in [1.29, 1.82) is 0 Å². The molecular formula is C19H20N2O7. The van der Waals surface area contributed by atoms with Crippen LogP contribution >= 0.6 is 0 Å². The molecule has 0 unspecified atom stereocenters. The summed E-state index contributed by atoms with van der Waals surface area (Å²) >= 11 is 0. The Balaban J connectivity index is 1.81. The lowest BCUT2D eigenvalue weighted by molar-refractivity contribution is -0.385. The average Bonchev–Trinajstić information content (AvgIpc) is 2.71. The van der Waals surface area contributed by atoms with Crippen molar-refractivity contribution in [3.63, 3.8) is 0 Å². The quantitative estimate of drug-likeness (QED) is 0.397. The van der Waals surface area contributed by atoms with Crippen molar-refractivity contribution in [1.82, 2.24) is 5.32 Å². The highest BCUT2D eigenvalue weighted by atomic mass is 16.6. The molecule has 28 heavy (non-hydrogen) atoms. The van der Waals surface area contributed by atoms with Crippen LogP contribution < -0.4 is 14.8 Å². The van der Waals surface area contributed by atoms with Gasteiger partial charge in [0.2, 0.25) is 0 Å². The molecule has 2 aromatic rings. The second kappa shape index (κ2) is 9.91. The van der Waals surface area contributed by atoms with Crippen molar-refractivity contribution in [2.45, 2.75) is 6.42 Å². The van der Waals surface area contributed by atoms with Crippen molar-refractivity contribution in [2.75, 3.05) is 27.4 Å². The first kappa shape index (κ1) is 20.7. The molecule has 0 atom stereocenters.